The van der Waals surface area contributed by atoms with Crippen LogP contribution in [0.5, 0.6) is 0 Å². The highest BCUT2D eigenvalue weighted by atomic mass is 19.1. The molecule has 154 valence electrons. The van der Waals surface area contributed by atoms with E-state index in [4.69, 9.17) is 21.7 Å². The highest BCUT2D eigenvalue weighted by molar-refractivity contribution is 6.10. The summed E-state index contributed by atoms with van der Waals surface area (Å²) in [5.74, 6) is -0.677. The molecule has 30 heavy (non-hydrogen) atoms. The maximum atomic E-state index is 13.9. The Morgan fingerprint density at radius 2 is 2.10 bits per heavy atom. The quantitative estimate of drug-likeness (QED) is 0.419. The van der Waals surface area contributed by atoms with E-state index in [1.54, 1.807) is 24.3 Å². The first kappa shape index (κ1) is 20.6. The second kappa shape index (κ2) is 9.39. The molecule has 0 aliphatic carbocycles. The van der Waals surface area contributed by atoms with Gasteiger partial charge in [0.05, 0.1) is 30.7 Å². The maximum Gasteiger partial charge on any atom is 0.238 e. The van der Waals surface area contributed by atoms with Gasteiger partial charge in [0.2, 0.25) is 5.91 Å². The van der Waals surface area contributed by atoms with Gasteiger partial charge < -0.3 is 27.0 Å². The van der Waals surface area contributed by atoms with E-state index in [0.717, 1.165) is 0 Å². The standard InChI is InChI=1S/C19H19FN8O2/c20-12-4-2-1-3-11(12)9-24-15(14-5-6-30-28-14)7-13(22)19-25-10-16(18(23)27-19)26-17(29)8-21/h1-7,10H,8-9,21-22H2,(H,26,29)(H2,23,25,27). The molecule has 0 aliphatic rings. The Morgan fingerprint density at radius 1 is 1.30 bits per heavy atom. The number of nitrogens with two attached hydrogens (primary N) is 3. The van der Waals surface area contributed by atoms with Crippen molar-refractivity contribution in [3.05, 3.63) is 71.8 Å². The van der Waals surface area contributed by atoms with Crippen molar-refractivity contribution >= 4 is 28.8 Å². The summed E-state index contributed by atoms with van der Waals surface area (Å²) in [5, 5.41) is 6.32. The smallest absolute Gasteiger partial charge is 0.238 e. The molecule has 3 rings (SSSR count). The molecular weight excluding hydrogens is 391 g/mol. The van der Waals surface area contributed by atoms with Gasteiger partial charge in [-0.3, -0.25) is 9.79 Å². The molecule has 10 nitrogen and oxygen atoms in total. The summed E-state index contributed by atoms with van der Waals surface area (Å²) in [4.78, 5) is 24.0. The molecule has 0 fully saturated rings. The lowest BCUT2D eigenvalue weighted by atomic mass is 10.2. The number of hydrogen-bond acceptors (Lipinski definition) is 9. The van der Waals surface area contributed by atoms with Crippen LogP contribution in [0.4, 0.5) is 15.9 Å². The number of nitrogens with one attached hydrogen (secondary N) is 1. The summed E-state index contributed by atoms with van der Waals surface area (Å²) in [5.41, 5.74) is 18.7. The summed E-state index contributed by atoms with van der Waals surface area (Å²) in [6.45, 7) is -0.144. The zero-order valence-electron chi connectivity index (χ0n) is 15.7. The molecule has 0 radical (unpaired) electrons. The SMILES string of the molecule is NCC(=O)Nc1cnc(C(N)=CC(=NCc2ccccc2F)c2ccon2)nc1N. The number of nitrogens with zero attached hydrogens (tertiary/aromatic N) is 4. The fraction of sp³-hybridized carbons (Fsp3) is 0.105. The zero-order valence-corrected chi connectivity index (χ0v) is 15.7. The number of carbonyl (C=O) groups excluding carboxylic acids is 1. The fourth-order valence-corrected chi connectivity index (χ4v) is 2.39. The zero-order chi connectivity index (χ0) is 21.5. The van der Waals surface area contributed by atoms with Gasteiger partial charge in [-0.1, -0.05) is 23.4 Å². The van der Waals surface area contributed by atoms with Crippen LogP contribution in [0.25, 0.3) is 5.70 Å². The lowest BCUT2D eigenvalue weighted by molar-refractivity contribution is -0.114. The number of rotatable bonds is 7. The number of aliphatic imine (C=N–C) groups is 1. The molecule has 0 spiro atoms. The molecule has 3 aromatic rings. The number of amides is 1. The lowest BCUT2D eigenvalue weighted by Gasteiger charge is -2.08. The monoisotopic (exact) mass is 410 g/mol. The van der Waals surface area contributed by atoms with Crippen LogP contribution in [0, 0.1) is 5.82 Å². The molecule has 11 heteroatoms. The number of hydrogen-bond donors (Lipinski definition) is 4. The van der Waals surface area contributed by atoms with Crippen LogP contribution in [-0.4, -0.2) is 33.3 Å². The Balaban J connectivity index is 1.89. The van der Waals surface area contributed by atoms with E-state index in [0.29, 0.717) is 17.0 Å². The van der Waals surface area contributed by atoms with Crippen molar-refractivity contribution in [3.63, 3.8) is 0 Å². The van der Waals surface area contributed by atoms with Gasteiger partial charge in [0.25, 0.3) is 0 Å². The van der Waals surface area contributed by atoms with Gasteiger partial charge in [-0.15, -0.1) is 0 Å². The average molecular weight is 410 g/mol. The van der Waals surface area contributed by atoms with Crippen molar-refractivity contribution < 1.29 is 13.7 Å². The van der Waals surface area contributed by atoms with Crippen LogP contribution in [0.3, 0.4) is 0 Å². The first-order valence-corrected chi connectivity index (χ1v) is 8.76. The number of aromatic nitrogens is 3. The van der Waals surface area contributed by atoms with Crippen LogP contribution in [0.2, 0.25) is 0 Å². The van der Waals surface area contributed by atoms with Crippen molar-refractivity contribution in [3.8, 4) is 0 Å². The lowest BCUT2D eigenvalue weighted by Crippen LogP contribution is -2.23. The van der Waals surface area contributed by atoms with Gasteiger partial charge in [-0.05, 0) is 12.1 Å². The summed E-state index contributed by atoms with van der Waals surface area (Å²) >= 11 is 0. The van der Waals surface area contributed by atoms with E-state index in [9.17, 15) is 9.18 Å². The van der Waals surface area contributed by atoms with E-state index in [-0.39, 0.29) is 41.9 Å². The van der Waals surface area contributed by atoms with Crippen LogP contribution in [-0.2, 0) is 11.3 Å². The average Bonchev–Trinajstić information content (AvgIpc) is 3.28. The molecule has 0 saturated heterocycles. The number of carbonyl (C=O) groups is 1. The highest BCUT2D eigenvalue weighted by Gasteiger charge is 2.12. The normalized spacial score (nSPS) is 12.1. The van der Waals surface area contributed by atoms with Gasteiger partial charge in [-0.25, -0.2) is 14.4 Å². The Hall–Kier alpha value is -4.12. The molecule has 0 aliphatic heterocycles. The third-order valence-corrected chi connectivity index (χ3v) is 3.91. The molecule has 2 heterocycles. The number of anilines is 2. The van der Waals surface area contributed by atoms with Crippen LogP contribution < -0.4 is 22.5 Å². The number of nitrogen functional groups attached to an aromatic ring is 1. The molecule has 2 aromatic heterocycles. The third-order valence-electron chi connectivity index (χ3n) is 3.91. The topological polar surface area (TPSA) is 171 Å². The van der Waals surface area contributed by atoms with Gasteiger partial charge in [0, 0.05) is 11.6 Å². The summed E-state index contributed by atoms with van der Waals surface area (Å²) in [6.07, 6.45) is 4.17. The Kier molecular flexibility index (Phi) is 6.45. The van der Waals surface area contributed by atoms with Crippen molar-refractivity contribution in [2.75, 3.05) is 17.6 Å². The Labute approximate surface area is 170 Å². The van der Waals surface area contributed by atoms with Crippen molar-refractivity contribution in [1.82, 2.24) is 15.1 Å². The van der Waals surface area contributed by atoms with Crippen molar-refractivity contribution in [1.29, 1.82) is 0 Å². The van der Waals surface area contributed by atoms with E-state index in [2.05, 4.69) is 25.4 Å². The Morgan fingerprint density at radius 3 is 2.77 bits per heavy atom. The second-order valence-electron chi connectivity index (χ2n) is 6.02. The van der Waals surface area contributed by atoms with Gasteiger partial charge in [0.1, 0.15) is 23.5 Å². The maximum absolute atomic E-state index is 13.9. The van der Waals surface area contributed by atoms with Gasteiger partial charge >= 0.3 is 0 Å². The highest BCUT2D eigenvalue weighted by Crippen LogP contribution is 2.17. The van der Waals surface area contributed by atoms with Crippen molar-refractivity contribution in [2.24, 2.45) is 16.5 Å². The van der Waals surface area contributed by atoms with Crippen molar-refractivity contribution in [2.45, 2.75) is 6.54 Å². The minimum absolute atomic E-state index is 0.0180. The summed E-state index contributed by atoms with van der Waals surface area (Å²) in [7, 11) is 0. The summed E-state index contributed by atoms with van der Waals surface area (Å²) in [6, 6.07) is 7.89. The van der Waals surface area contributed by atoms with E-state index >= 15 is 0 Å². The molecule has 0 atom stereocenters. The van der Waals surface area contributed by atoms with Crippen LogP contribution in [0.15, 0.2) is 58.4 Å². The van der Waals surface area contributed by atoms with Gasteiger partial charge in [-0.2, -0.15) is 0 Å². The number of benzene rings is 1. The Bertz CT molecular complexity index is 1100. The molecule has 0 saturated carbocycles. The van der Waals surface area contributed by atoms with Crippen LogP contribution >= 0.6 is 0 Å². The van der Waals surface area contributed by atoms with Crippen LogP contribution in [0.1, 0.15) is 17.1 Å². The first-order valence-electron chi connectivity index (χ1n) is 8.76. The summed E-state index contributed by atoms with van der Waals surface area (Å²) < 4.78 is 18.8. The van der Waals surface area contributed by atoms with E-state index < -0.39 is 5.91 Å². The molecule has 7 N–H and O–H groups in total. The molecule has 0 unspecified atom stereocenters. The fourth-order valence-electron chi connectivity index (χ4n) is 2.39. The van der Waals surface area contributed by atoms with E-state index in [1.165, 1.54) is 24.6 Å². The van der Waals surface area contributed by atoms with Gasteiger partial charge in [0.15, 0.2) is 11.6 Å². The first-order chi connectivity index (χ1) is 14.5. The predicted octanol–water partition coefficient (Wildman–Crippen LogP) is 1.07. The molecule has 1 aromatic carbocycles. The molecule has 0 bridgehead atoms. The van der Waals surface area contributed by atoms with E-state index in [1.807, 2.05) is 0 Å². The minimum Gasteiger partial charge on any atom is -0.396 e. The number of allylic oxidation sites excluding steroid dienone is 1. The largest absolute Gasteiger partial charge is 0.396 e. The predicted molar refractivity (Wildman–Crippen MR) is 109 cm³/mol. The third kappa shape index (κ3) is 5.02. The second-order valence-corrected chi connectivity index (χ2v) is 6.02. The minimum atomic E-state index is -0.435. The molecular formula is C19H19FN8O2. The number of halogens is 1. The molecule has 1 amide bonds.